The van der Waals surface area contributed by atoms with E-state index >= 15 is 0 Å². The molecule has 4 nitrogen and oxygen atoms in total. The molecule has 1 aliphatic carbocycles. The summed E-state index contributed by atoms with van der Waals surface area (Å²) in [4.78, 5) is 11.6. The lowest BCUT2D eigenvalue weighted by molar-refractivity contribution is -0.120. The van der Waals surface area contributed by atoms with Crippen LogP contribution in [0.4, 0.5) is 0 Å². The van der Waals surface area contributed by atoms with Gasteiger partial charge in [0.2, 0.25) is 5.91 Å². The minimum absolute atomic E-state index is 0.00344. The van der Waals surface area contributed by atoms with Gasteiger partial charge in [-0.25, -0.2) is 0 Å². The third-order valence-corrected chi connectivity index (χ3v) is 3.18. The fraction of sp³-hybridized carbons (Fsp3) is 0.500. The Labute approximate surface area is 107 Å². The molecule has 1 saturated carbocycles. The number of aliphatic hydroxyl groups is 1. The van der Waals surface area contributed by atoms with Crippen molar-refractivity contribution in [1.82, 2.24) is 10.6 Å². The van der Waals surface area contributed by atoms with E-state index in [4.69, 9.17) is 0 Å². The maximum absolute atomic E-state index is 11.6. The van der Waals surface area contributed by atoms with Crippen molar-refractivity contribution in [3.05, 3.63) is 35.9 Å². The Morgan fingerprint density at radius 1 is 1.33 bits per heavy atom. The molecule has 0 bridgehead atoms. The summed E-state index contributed by atoms with van der Waals surface area (Å²) in [5.74, 6) is 0.688. The van der Waals surface area contributed by atoms with Crippen LogP contribution in [-0.4, -0.2) is 30.7 Å². The van der Waals surface area contributed by atoms with Crippen LogP contribution >= 0.6 is 0 Å². The van der Waals surface area contributed by atoms with Crippen molar-refractivity contribution < 1.29 is 9.90 Å². The summed E-state index contributed by atoms with van der Waals surface area (Å²) in [5, 5.41) is 15.3. The molecule has 0 spiro atoms. The van der Waals surface area contributed by atoms with Gasteiger partial charge in [0.25, 0.3) is 0 Å². The van der Waals surface area contributed by atoms with Crippen LogP contribution in [0, 0.1) is 5.92 Å². The number of carbonyl (C=O) groups is 1. The Balaban J connectivity index is 1.74. The molecular formula is C14H20N2O2. The Hall–Kier alpha value is -1.39. The number of hydrogen-bond donors (Lipinski definition) is 3. The average molecular weight is 248 g/mol. The first kappa shape index (κ1) is 13.1. The highest BCUT2D eigenvalue weighted by atomic mass is 16.3. The van der Waals surface area contributed by atoms with Gasteiger partial charge >= 0.3 is 0 Å². The van der Waals surface area contributed by atoms with Gasteiger partial charge in [-0.3, -0.25) is 10.1 Å². The molecule has 1 amide bonds. The van der Waals surface area contributed by atoms with E-state index in [2.05, 4.69) is 10.6 Å². The number of amides is 1. The van der Waals surface area contributed by atoms with Crippen LogP contribution in [0.3, 0.4) is 0 Å². The molecule has 3 N–H and O–H groups in total. The van der Waals surface area contributed by atoms with Crippen LogP contribution in [0.1, 0.15) is 24.4 Å². The first-order valence-corrected chi connectivity index (χ1v) is 6.45. The summed E-state index contributed by atoms with van der Waals surface area (Å²) >= 11 is 0. The van der Waals surface area contributed by atoms with Crippen molar-refractivity contribution in [1.29, 1.82) is 0 Å². The van der Waals surface area contributed by atoms with Gasteiger partial charge in [-0.15, -0.1) is 0 Å². The number of hydrogen-bond acceptors (Lipinski definition) is 3. The molecule has 1 atom stereocenters. The van der Waals surface area contributed by atoms with Crippen LogP contribution in [0.2, 0.25) is 0 Å². The molecule has 0 heterocycles. The third-order valence-electron chi connectivity index (χ3n) is 3.18. The molecule has 1 fully saturated rings. The SMILES string of the molecule is O=C(CNC(CO)c1ccccc1)NCC1CC1. The van der Waals surface area contributed by atoms with E-state index in [9.17, 15) is 9.90 Å². The predicted molar refractivity (Wildman–Crippen MR) is 70.0 cm³/mol. The van der Waals surface area contributed by atoms with Crippen molar-refractivity contribution >= 4 is 5.91 Å². The molecule has 1 aromatic carbocycles. The fourth-order valence-corrected chi connectivity index (χ4v) is 1.83. The summed E-state index contributed by atoms with van der Waals surface area (Å²) in [5.41, 5.74) is 0.995. The van der Waals surface area contributed by atoms with Crippen molar-refractivity contribution in [2.75, 3.05) is 19.7 Å². The maximum atomic E-state index is 11.6. The second-order valence-electron chi connectivity index (χ2n) is 4.77. The van der Waals surface area contributed by atoms with Crippen molar-refractivity contribution in [3.8, 4) is 0 Å². The molecule has 0 aromatic heterocycles. The van der Waals surface area contributed by atoms with Gasteiger partial charge in [0.05, 0.1) is 19.2 Å². The smallest absolute Gasteiger partial charge is 0.233 e. The molecule has 0 aliphatic heterocycles. The van der Waals surface area contributed by atoms with E-state index in [1.54, 1.807) is 0 Å². The summed E-state index contributed by atoms with van der Waals surface area (Å²) in [6.07, 6.45) is 2.47. The lowest BCUT2D eigenvalue weighted by Crippen LogP contribution is -2.37. The molecule has 2 rings (SSSR count). The van der Waals surface area contributed by atoms with Crippen LogP contribution in [0.5, 0.6) is 0 Å². The maximum Gasteiger partial charge on any atom is 0.233 e. The zero-order chi connectivity index (χ0) is 12.8. The normalized spacial score (nSPS) is 16.3. The van der Waals surface area contributed by atoms with E-state index in [0.29, 0.717) is 5.92 Å². The highest BCUT2D eigenvalue weighted by molar-refractivity contribution is 5.78. The van der Waals surface area contributed by atoms with E-state index in [0.717, 1.165) is 12.1 Å². The van der Waals surface area contributed by atoms with Crippen molar-refractivity contribution in [2.45, 2.75) is 18.9 Å². The number of aliphatic hydroxyl groups excluding tert-OH is 1. The number of rotatable bonds is 7. The van der Waals surface area contributed by atoms with E-state index in [1.807, 2.05) is 30.3 Å². The molecule has 0 radical (unpaired) electrons. The Morgan fingerprint density at radius 3 is 2.67 bits per heavy atom. The Kier molecular flexibility index (Phi) is 4.73. The highest BCUT2D eigenvalue weighted by Crippen LogP contribution is 2.27. The lowest BCUT2D eigenvalue weighted by atomic mass is 10.1. The summed E-state index contributed by atoms with van der Waals surface area (Å²) in [6.45, 7) is 1.02. The molecule has 98 valence electrons. The van der Waals surface area contributed by atoms with E-state index in [-0.39, 0.29) is 25.1 Å². The minimum atomic E-state index is -0.183. The van der Waals surface area contributed by atoms with Crippen LogP contribution in [-0.2, 0) is 4.79 Å². The van der Waals surface area contributed by atoms with Gasteiger partial charge in [-0.1, -0.05) is 30.3 Å². The molecule has 1 aromatic rings. The second-order valence-corrected chi connectivity index (χ2v) is 4.77. The first-order valence-electron chi connectivity index (χ1n) is 6.45. The van der Waals surface area contributed by atoms with Gasteiger partial charge in [0, 0.05) is 6.54 Å². The largest absolute Gasteiger partial charge is 0.394 e. The minimum Gasteiger partial charge on any atom is -0.394 e. The van der Waals surface area contributed by atoms with Crippen LogP contribution in [0.15, 0.2) is 30.3 Å². The average Bonchev–Trinajstić information content (AvgIpc) is 3.22. The molecule has 0 saturated heterocycles. The fourth-order valence-electron chi connectivity index (χ4n) is 1.83. The molecule has 18 heavy (non-hydrogen) atoms. The topological polar surface area (TPSA) is 61.4 Å². The lowest BCUT2D eigenvalue weighted by Gasteiger charge is -2.16. The monoisotopic (exact) mass is 248 g/mol. The second kappa shape index (κ2) is 6.52. The zero-order valence-corrected chi connectivity index (χ0v) is 10.4. The molecule has 1 aliphatic rings. The molecule has 4 heteroatoms. The van der Waals surface area contributed by atoms with Crippen LogP contribution < -0.4 is 10.6 Å². The molecular weight excluding hydrogens is 228 g/mol. The quantitative estimate of drug-likeness (QED) is 0.670. The standard InChI is InChI=1S/C14H20N2O2/c17-10-13(12-4-2-1-3-5-12)15-9-14(18)16-8-11-6-7-11/h1-5,11,13,15,17H,6-10H2,(H,16,18). The number of nitrogens with one attached hydrogen (secondary N) is 2. The predicted octanol–water partition coefficient (Wildman–Crippen LogP) is 0.836. The van der Waals surface area contributed by atoms with Gasteiger partial charge in [0.15, 0.2) is 0 Å². The number of carbonyl (C=O) groups excluding carboxylic acids is 1. The summed E-state index contributed by atoms with van der Waals surface area (Å²) in [6, 6.07) is 9.48. The van der Waals surface area contributed by atoms with Gasteiger partial charge < -0.3 is 10.4 Å². The number of benzene rings is 1. The van der Waals surface area contributed by atoms with Gasteiger partial charge in [0.1, 0.15) is 0 Å². The van der Waals surface area contributed by atoms with Gasteiger partial charge in [-0.2, -0.15) is 0 Å². The van der Waals surface area contributed by atoms with Crippen molar-refractivity contribution in [3.63, 3.8) is 0 Å². The third kappa shape index (κ3) is 4.13. The zero-order valence-electron chi connectivity index (χ0n) is 10.4. The van der Waals surface area contributed by atoms with E-state index < -0.39 is 0 Å². The summed E-state index contributed by atoms with van der Waals surface area (Å²) in [7, 11) is 0. The van der Waals surface area contributed by atoms with Gasteiger partial charge in [-0.05, 0) is 24.3 Å². The first-order chi connectivity index (χ1) is 8.79. The van der Waals surface area contributed by atoms with Crippen LogP contribution in [0.25, 0.3) is 0 Å². The summed E-state index contributed by atoms with van der Waals surface area (Å²) < 4.78 is 0. The van der Waals surface area contributed by atoms with Crippen molar-refractivity contribution in [2.24, 2.45) is 5.92 Å². The van der Waals surface area contributed by atoms with E-state index in [1.165, 1.54) is 12.8 Å². The Morgan fingerprint density at radius 2 is 2.06 bits per heavy atom. The molecule has 1 unspecified atom stereocenters. The highest BCUT2D eigenvalue weighted by Gasteiger charge is 2.21. The Bertz CT molecular complexity index is 377.